The van der Waals surface area contributed by atoms with Crippen molar-refractivity contribution in [2.24, 2.45) is 0 Å². The van der Waals surface area contributed by atoms with Gasteiger partial charge < -0.3 is 19.4 Å². The van der Waals surface area contributed by atoms with Gasteiger partial charge in [-0.05, 0) is 37.3 Å². The Morgan fingerprint density at radius 1 is 0.882 bits per heavy atom. The van der Waals surface area contributed by atoms with Crippen molar-refractivity contribution in [2.45, 2.75) is 13.5 Å². The SMILES string of the molecule is Cc1cc2n(n1)CC(N1CCN(c3ccc(F)cc3-c3cnc(N4CCOCC4)nc3)CC1)=C2. The summed E-state index contributed by atoms with van der Waals surface area (Å²) in [4.78, 5) is 16.0. The highest BCUT2D eigenvalue weighted by atomic mass is 19.1. The molecule has 0 amide bonds. The number of benzene rings is 1. The van der Waals surface area contributed by atoms with Crippen molar-refractivity contribution < 1.29 is 9.13 Å². The predicted octanol–water partition coefficient (Wildman–Crippen LogP) is 2.80. The number of rotatable bonds is 4. The minimum absolute atomic E-state index is 0.254. The number of nitrogens with zero attached hydrogens (tertiary/aromatic N) is 7. The van der Waals surface area contributed by atoms with E-state index in [1.807, 2.05) is 13.0 Å². The van der Waals surface area contributed by atoms with Gasteiger partial charge in [-0.15, -0.1) is 0 Å². The van der Waals surface area contributed by atoms with Gasteiger partial charge in [-0.25, -0.2) is 14.4 Å². The number of hydrogen-bond donors (Lipinski definition) is 0. The summed E-state index contributed by atoms with van der Waals surface area (Å²) in [6.07, 6.45) is 5.85. The van der Waals surface area contributed by atoms with Crippen LogP contribution in [0.25, 0.3) is 17.2 Å². The Morgan fingerprint density at radius 2 is 1.62 bits per heavy atom. The van der Waals surface area contributed by atoms with Crippen molar-refractivity contribution in [1.82, 2.24) is 24.6 Å². The first-order valence-corrected chi connectivity index (χ1v) is 11.8. The number of halogens is 1. The second kappa shape index (κ2) is 8.72. The van der Waals surface area contributed by atoms with Crippen LogP contribution in [-0.2, 0) is 11.3 Å². The molecule has 2 aromatic heterocycles. The van der Waals surface area contributed by atoms with E-state index in [-0.39, 0.29) is 5.82 Å². The zero-order chi connectivity index (χ0) is 23.1. The number of anilines is 2. The molecule has 6 rings (SSSR count). The van der Waals surface area contributed by atoms with Crippen molar-refractivity contribution in [2.75, 3.05) is 62.3 Å². The van der Waals surface area contributed by atoms with Gasteiger partial charge in [0.2, 0.25) is 5.95 Å². The first kappa shape index (κ1) is 21.1. The molecule has 0 unspecified atom stereocenters. The Morgan fingerprint density at radius 3 is 2.35 bits per heavy atom. The number of morpholine rings is 1. The summed E-state index contributed by atoms with van der Waals surface area (Å²) in [5.74, 6) is 0.439. The highest BCUT2D eigenvalue weighted by molar-refractivity contribution is 5.78. The van der Waals surface area contributed by atoms with Crippen LogP contribution in [0.5, 0.6) is 0 Å². The third kappa shape index (κ3) is 4.00. The van der Waals surface area contributed by atoms with Gasteiger partial charge in [-0.1, -0.05) is 0 Å². The molecule has 9 heteroatoms. The Balaban J connectivity index is 1.18. The molecule has 8 nitrogen and oxygen atoms in total. The maximum atomic E-state index is 14.3. The largest absolute Gasteiger partial charge is 0.378 e. The fourth-order valence-electron chi connectivity index (χ4n) is 5.01. The molecular formula is C25H28FN7O. The molecule has 0 aliphatic carbocycles. The summed E-state index contributed by atoms with van der Waals surface area (Å²) < 4.78 is 21.7. The van der Waals surface area contributed by atoms with Crippen molar-refractivity contribution in [3.8, 4) is 11.1 Å². The summed E-state index contributed by atoms with van der Waals surface area (Å²) in [6.45, 7) is 9.36. The van der Waals surface area contributed by atoms with Crippen molar-refractivity contribution >= 4 is 17.7 Å². The molecule has 0 N–H and O–H groups in total. The van der Waals surface area contributed by atoms with Crippen LogP contribution in [0.2, 0.25) is 0 Å². The zero-order valence-electron chi connectivity index (χ0n) is 19.3. The maximum Gasteiger partial charge on any atom is 0.225 e. The molecule has 34 heavy (non-hydrogen) atoms. The normalized spacial score (nSPS) is 18.3. The highest BCUT2D eigenvalue weighted by Crippen LogP contribution is 2.33. The lowest BCUT2D eigenvalue weighted by Crippen LogP contribution is -2.46. The van der Waals surface area contributed by atoms with Crippen LogP contribution in [0.1, 0.15) is 11.4 Å². The van der Waals surface area contributed by atoms with E-state index in [0.717, 1.165) is 68.3 Å². The first-order valence-electron chi connectivity index (χ1n) is 11.8. The van der Waals surface area contributed by atoms with E-state index in [1.165, 1.54) is 17.5 Å². The summed E-state index contributed by atoms with van der Waals surface area (Å²) in [6, 6.07) is 7.13. The zero-order valence-corrected chi connectivity index (χ0v) is 19.3. The summed E-state index contributed by atoms with van der Waals surface area (Å²) in [5.41, 5.74) is 6.23. The molecule has 176 valence electrons. The molecule has 0 atom stereocenters. The fourth-order valence-corrected chi connectivity index (χ4v) is 5.01. The monoisotopic (exact) mass is 461 g/mol. The molecule has 2 saturated heterocycles. The summed E-state index contributed by atoms with van der Waals surface area (Å²) >= 11 is 0. The molecule has 0 radical (unpaired) electrons. The van der Waals surface area contributed by atoms with Crippen LogP contribution in [-0.4, -0.2) is 77.1 Å². The van der Waals surface area contributed by atoms with E-state index in [1.54, 1.807) is 18.5 Å². The summed E-state index contributed by atoms with van der Waals surface area (Å²) in [5, 5.41) is 4.56. The Bertz CT molecular complexity index is 1210. The van der Waals surface area contributed by atoms with E-state index in [4.69, 9.17) is 4.74 Å². The van der Waals surface area contributed by atoms with Gasteiger partial charge in [0.15, 0.2) is 0 Å². The molecule has 3 aliphatic heterocycles. The lowest BCUT2D eigenvalue weighted by Gasteiger charge is -2.38. The van der Waals surface area contributed by atoms with Crippen LogP contribution >= 0.6 is 0 Å². The maximum absolute atomic E-state index is 14.3. The first-order chi connectivity index (χ1) is 16.6. The third-order valence-corrected chi connectivity index (χ3v) is 6.79. The number of ether oxygens (including phenoxy) is 1. The third-order valence-electron chi connectivity index (χ3n) is 6.79. The molecular weight excluding hydrogens is 433 g/mol. The van der Waals surface area contributed by atoms with E-state index < -0.39 is 0 Å². The smallest absolute Gasteiger partial charge is 0.225 e. The van der Waals surface area contributed by atoms with Crippen LogP contribution < -0.4 is 9.80 Å². The number of hydrogen-bond acceptors (Lipinski definition) is 7. The van der Waals surface area contributed by atoms with Gasteiger partial charge in [-0.2, -0.15) is 5.10 Å². The van der Waals surface area contributed by atoms with Gasteiger partial charge in [-0.3, -0.25) is 4.68 Å². The molecule has 3 aliphatic rings. The minimum atomic E-state index is -0.254. The van der Waals surface area contributed by atoms with Gasteiger partial charge in [0, 0.05) is 74.2 Å². The van der Waals surface area contributed by atoms with Crippen LogP contribution in [0, 0.1) is 12.7 Å². The van der Waals surface area contributed by atoms with E-state index in [0.29, 0.717) is 19.2 Å². The molecule has 5 heterocycles. The number of fused-ring (bicyclic) bond motifs is 1. The molecule has 1 aromatic carbocycles. The lowest BCUT2D eigenvalue weighted by atomic mass is 10.0. The Kier molecular flexibility index (Phi) is 5.41. The second-order valence-electron chi connectivity index (χ2n) is 9.01. The quantitative estimate of drug-likeness (QED) is 0.592. The van der Waals surface area contributed by atoms with Crippen LogP contribution in [0.3, 0.4) is 0 Å². The summed E-state index contributed by atoms with van der Waals surface area (Å²) in [7, 11) is 0. The van der Waals surface area contributed by atoms with Crippen molar-refractivity contribution in [3.63, 3.8) is 0 Å². The van der Waals surface area contributed by atoms with Crippen LogP contribution in [0.15, 0.2) is 42.4 Å². The number of allylic oxidation sites excluding steroid dienone is 1. The Hall–Kier alpha value is -3.46. The molecule has 0 spiro atoms. The molecule has 3 aromatic rings. The van der Waals surface area contributed by atoms with Gasteiger partial charge in [0.05, 0.1) is 31.1 Å². The minimum Gasteiger partial charge on any atom is -0.378 e. The van der Waals surface area contributed by atoms with Gasteiger partial charge in [0.1, 0.15) is 5.82 Å². The lowest BCUT2D eigenvalue weighted by molar-refractivity contribution is 0.122. The van der Waals surface area contributed by atoms with E-state index >= 15 is 0 Å². The molecule has 0 bridgehead atoms. The van der Waals surface area contributed by atoms with E-state index in [2.05, 4.69) is 46.6 Å². The number of aromatic nitrogens is 4. The standard InChI is InChI=1S/C25H28FN7O/c1-18-12-21-14-22(17-33(21)29-18)30-4-6-31(7-5-30)24-3-2-20(26)13-23(24)19-15-27-25(28-16-19)32-8-10-34-11-9-32/h2-3,12-16H,4-11,17H2,1H3. The topological polar surface area (TPSA) is 62.6 Å². The second-order valence-corrected chi connectivity index (χ2v) is 9.01. The van der Waals surface area contributed by atoms with Crippen molar-refractivity contribution in [1.29, 1.82) is 0 Å². The average molecular weight is 462 g/mol. The molecule has 2 fully saturated rings. The average Bonchev–Trinajstić information content (AvgIpc) is 3.42. The van der Waals surface area contributed by atoms with Crippen molar-refractivity contribution in [3.05, 3.63) is 59.6 Å². The predicted molar refractivity (Wildman–Crippen MR) is 129 cm³/mol. The number of aryl methyl sites for hydroxylation is 1. The molecule has 0 saturated carbocycles. The highest BCUT2D eigenvalue weighted by Gasteiger charge is 2.25. The number of piperazine rings is 1. The fraction of sp³-hybridized carbons (Fsp3) is 0.400. The van der Waals surface area contributed by atoms with Gasteiger partial charge in [0.25, 0.3) is 0 Å². The van der Waals surface area contributed by atoms with E-state index in [9.17, 15) is 4.39 Å². The van der Waals surface area contributed by atoms with Crippen LogP contribution in [0.4, 0.5) is 16.0 Å². The Labute approximate surface area is 198 Å². The van der Waals surface area contributed by atoms with Gasteiger partial charge >= 0.3 is 0 Å².